The number of thioether (sulfide) groups is 1. The summed E-state index contributed by atoms with van der Waals surface area (Å²) in [5.41, 5.74) is 1.01. The van der Waals surface area contributed by atoms with Gasteiger partial charge in [0.05, 0.1) is 12.9 Å². The molecular formula is C14H17N3O2S. The summed E-state index contributed by atoms with van der Waals surface area (Å²) in [6, 6.07) is 7.64. The van der Waals surface area contributed by atoms with Gasteiger partial charge in [-0.25, -0.2) is 4.98 Å². The third-order valence-corrected chi connectivity index (χ3v) is 3.79. The maximum absolute atomic E-state index is 11.8. The van der Waals surface area contributed by atoms with E-state index in [9.17, 15) is 4.79 Å². The van der Waals surface area contributed by atoms with E-state index < -0.39 is 0 Å². The van der Waals surface area contributed by atoms with Crippen molar-refractivity contribution in [2.45, 2.75) is 11.7 Å². The Labute approximate surface area is 122 Å². The Morgan fingerprint density at radius 1 is 1.50 bits per heavy atom. The molecule has 0 saturated heterocycles. The van der Waals surface area contributed by atoms with Crippen LogP contribution in [0.2, 0.25) is 0 Å². The maximum Gasteiger partial charge on any atom is 0.230 e. The van der Waals surface area contributed by atoms with Crippen LogP contribution in [0.5, 0.6) is 5.75 Å². The van der Waals surface area contributed by atoms with Crippen molar-refractivity contribution in [1.82, 2.24) is 14.9 Å². The molecule has 5 nitrogen and oxygen atoms in total. The number of rotatable bonds is 6. The summed E-state index contributed by atoms with van der Waals surface area (Å²) in [6.45, 7) is 0.497. The Balaban J connectivity index is 1.78. The fourth-order valence-electron chi connectivity index (χ4n) is 1.66. The minimum Gasteiger partial charge on any atom is -0.497 e. The van der Waals surface area contributed by atoms with E-state index >= 15 is 0 Å². The van der Waals surface area contributed by atoms with Gasteiger partial charge in [-0.1, -0.05) is 23.9 Å². The van der Waals surface area contributed by atoms with Gasteiger partial charge in [0.25, 0.3) is 0 Å². The Morgan fingerprint density at radius 2 is 2.35 bits per heavy atom. The van der Waals surface area contributed by atoms with Gasteiger partial charge in [0, 0.05) is 26.0 Å². The average Bonchev–Trinajstić information content (AvgIpc) is 2.88. The summed E-state index contributed by atoms with van der Waals surface area (Å²) in [6.07, 6.45) is 3.58. The summed E-state index contributed by atoms with van der Waals surface area (Å²) < 4.78 is 7.03. The molecule has 0 bridgehead atoms. The Bertz CT molecular complexity index is 583. The molecule has 1 aromatic carbocycles. The topological polar surface area (TPSA) is 56.1 Å². The van der Waals surface area contributed by atoms with Crippen LogP contribution in [-0.4, -0.2) is 28.3 Å². The molecule has 1 aromatic heterocycles. The first-order valence-electron chi connectivity index (χ1n) is 6.19. The van der Waals surface area contributed by atoms with Crippen LogP contribution >= 0.6 is 11.8 Å². The van der Waals surface area contributed by atoms with Gasteiger partial charge in [0.2, 0.25) is 5.91 Å². The number of benzene rings is 1. The van der Waals surface area contributed by atoms with E-state index in [1.165, 1.54) is 11.8 Å². The van der Waals surface area contributed by atoms with E-state index in [1.54, 1.807) is 13.3 Å². The lowest BCUT2D eigenvalue weighted by atomic mass is 10.2. The maximum atomic E-state index is 11.8. The molecule has 1 N–H and O–H groups in total. The van der Waals surface area contributed by atoms with Crippen molar-refractivity contribution in [2.75, 3.05) is 12.9 Å². The molecule has 0 radical (unpaired) electrons. The highest BCUT2D eigenvalue weighted by molar-refractivity contribution is 7.99. The number of carbonyl (C=O) groups excluding carboxylic acids is 1. The standard InChI is InChI=1S/C14H17N3O2S/c1-17-7-6-15-14(17)20-10-13(18)16-9-11-4-3-5-12(8-11)19-2/h3-8H,9-10H2,1-2H3,(H,16,18). The van der Waals surface area contributed by atoms with Crippen LogP contribution in [0.3, 0.4) is 0 Å². The van der Waals surface area contributed by atoms with Crippen LogP contribution in [0.1, 0.15) is 5.56 Å². The second kappa shape index (κ2) is 7.00. The van der Waals surface area contributed by atoms with Crippen LogP contribution < -0.4 is 10.1 Å². The normalized spacial score (nSPS) is 10.3. The third kappa shape index (κ3) is 4.03. The van der Waals surface area contributed by atoms with Crippen LogP contribution in [0.25, 0.3) is 0 Å². The number of amides is 1. The minimum absolute atomic E-state index is 0.0131. The lowest BCUT2D eigenvalue weighted by Gasteiger charge is -2.07. The molecule has 1 heterocycles. The van der Waals surface area contributed by atoms with Crippen molar-refractivity contribution in [3.05, 3.63) is 42.2 Å². The molecule has 2 aromatic rings. The summed E-state index contributed by atoms with van der Waals surface area (Å²) in [5.74, 6) is 1.13. The van der Waals surface area contributed by atoms with Gasteiger partial charge in [-0.05, 0) is 17.7 Å². The quantitative estimate of drug-likeness (QED) is 0.825. The fourth-order valence-corrected chi connectivity index (χ4v) is 2.42. The number of nitrogens with zero attached hydrogens (tertiary/aromatic N) is 2. The number of hydrogen-bond donors (Lipinski definition) is 1. The van der Waals surface area contributed by atoms with Crippen molar-refractivity contribution in [3.8, 4) is 5.75 Å². The molecule has 0 spiro atoms. The predicted octanol–water partition coefficient (Wildman–Crippen LogP) is 1.84. The van der Waals surface area contributed by atoms with Gasteiger partial charge < -0.3 is 14.6 Å². The fraction of sp³-hybridized carbons (Fsp3) is 0.286. The SMILES string of the molecule is COc1cccc(CNC(=O)CSc2nccn2C)c1. The molecule has 0 atom stereocenters. The van der Waals surface area contributed by atoms with E-state index in [4.69, 9.17) is 4.74 Å². The Hall–Kier alpha value is -1.95. The smallest absolute Gasteiger partial charge is 0.230 e. The second-order valence-corrected chi connectivity index (χ2v) is 5.18. The van der Waals surface area contributed by atoms with Crippen LogP contribution in [0.15, 0.2) is 41.8 Å². The van der Waals surface area contributed by atoms with Crippen molar-refractivity contribution in [3.63, 3.8) is 0 Å². The Morgan fingerprint density at radius 3 is 3.05 bits per heavy atom. The van der Waals surface area contributed by atoms with Gasteiger partial charge in [0.15, 0.2) is 5.16 Å². The number of ether oxygens (including phenoxy) is 1. The third-order valence-electron chi connectivity index (χ3n) is 2.73. The number of aryl methyl sites for hydroxylation is 1. The molecule has 20 heavy (non-hydrogen) atoms. The van der Waals surface area contributed by atoms with Crippen LogP contribution in [0.4, 0.5) is 0 Å². The van der Waals surface area contributed by atoms with Gasteiger partial charge in [-0.3, -0.25) is 4.79 Å². The number of methoxy groups -OCH3 is 1. The number of hydrogen-bond acceptors (Lipinski definition) is 4. The first kappa shape index (κ1) is 14.5. The summed E-state index contributed by atoms with van der Waals surface area (Å²) in [7, 11) is 3.53. The van der Waals surface area contributed by atoms with Gasteiger partial charge in [0.1, 0.15) is 5.75 Å². The molecule has 106 valence electrons. The number of aromatic nitrogens is 2. The van der Waals surface area contributed by atoms with E-state index in [2.05, 4.69) is 10.3 Å². The molecular weight excluding hydrogens is 274 g/mol. The van der Waals surface area contributed by atoms with Crippen molar-refractivity contribution < 1.29 is 9.53 Å². The van der Waals surface area contributed by atoms with E-state index in [0.717, 1.165) is 16.5 Å². The zero-order chi connectivity index (χ0) is 14.4. The molecule has 2 rings (SSSR count). The van der Waals surface area contributed by atoms with Crippen LogP contribution in [-0.2, 0) is 18.4 Å². The lowest BCUT2D eigenvalue weighted by molar-refractivity contribution is -0.118. The predicted molar refractivity (Wildman–Crippen MR) is 78.8 cm³/mol. The monoisotopic (exact) mass is 291 g/mol. The number of nitrogens with one attached hydrogen (secondary N) is 1. The first-order valence-corrected chi connectivity index (χ1v) is 7.17. The summed E-state index contributed by atoms with van der Waals surface area (Å²) >= 11 is 1.42. The van der Waals surface area contributed by atoms with E-state index in [1.807, 2.05) is 42.1 Å². The second-order valence-electron chi connectivity index (χ2n) is 4.24. The van der Waals surface area contributed by atoms with Crippen LogP contribution in [0, 0.1) is 0 Å². The van der Waals surface area contributed by atoms with E-state index in [-0.39, 0.29) is 5.91 Å². The molecule has 0 aliphatic rings. The van der Waals surface area contributed by atoms with Crippen molar-refractivity contribution in [2.24, 2.45) is 7.05 Å². The minimum atomic E-state index is -0.0131. The first-order chi connectivity index (χ1) is 9.69. The summed E-state index contributed by atoms with van der Waals surface area (Å²) in [5, 5.41) is 3.71. The number of imidazole rings is 1. The Kier molecular flexibility index (Phi) is 5.06. The van der Waals surface area contributed by atoms with Gasteiger partial charge in [-0.2, -0.15) is 0 Å². The molecule has 0 aliphatic carbocycles. The van der Waals surface area contributed by atoms with Gasteiger partial charge in [-0.15, -0.1) is 0 Å². The zero-order valence-electron chi connectivity index (χ0n) is 11.5. The van der Waals surface area contributed by atoms with Crippen molar-refractivity contribution in [1.29, 1.82) is 0 Å². The molecule has 0 unspecified atom stereocenters. The lowest BCUT2D eigenvalue weighted by Crippen LogP contribution is -2.24. The average molecular weight is 291 g/mol. The molecule has 0 aliphatic heterocycles. The summed E-state index contributed by atoms with van der Waals surface area (Å²) in [4.78, 5) is 15.9. The number of carbonyl (C=O) groups is 1. The highest BCUT2D eigenvalue weighted by Crippen LogP contribution is 2.14. The zero-order valence-corrected chi connectivity index (χ0v) is 12.3. The van der Waals surface area contributed by atoms with Crippen molar-refractivity contribution >= 4 is 17.7 Å². The highest BCUT2D eigenvalue weighted by atomic mass is 32.2. The largest absolute Gasteiger partial charge is 0.497 e. The molecule has 0 saturated carbocycles. The van der Waals surface area contributed by atoms with E-state index in [0.29, 0.717) is 12.3 Å². The molecule has 0 fully saturated rings. The molecule has 6 heteroatoms. The van der Waals surface area contributed by atoms with Gasteiger partial charge >= 0.3 is 0 Å². The highest BCUT2D eigenvalue weighted by Gasteiger charge is 2.06. The molecule has 1 amide bonds.